The van der Waals surface area contributed by atoms with Gasteiger partial charge in [-0.25, -0.2) is 4.68 Å². The highest BCUT2D eigenvalue weighted by atomic mass is 16.5. The van der Waals surface area contributed by atoms with Gasteiger partial charge in [-0.15, -0.1) is 10.2 Å². The maximum atomic E-state index is 11.1. The number of nitrogens with one attached hydrogen (secondary N) is 2. The quantitative estimate of drug-likeness (QED) is 0.198. The summed E-state index contributed by atoms with van der Waals surface area (Å²) in [7, 11) is 0. The zero-order valence-corrected chi connectivity index (χ0v) is 26.4. The van der Waals surface area contributed by atoms with Crippen LogP contribution in [0.4, 0.5) is 11.8 Å². The summed E-state index contributed by atoms with van der Waals surface area (Å²) in [6.45, 7) is 11.1. The number of hydrogen-bond acceptors (Lipinski definition) is 9. The van der Waals surface area contributed by atoms with Crippen LogP contribution in [0.1, 0.15) is 95.7 Å². The fraction of sp³-hybridized carbons (Fsp3) is 0.545. The van der Waals surface area contributed by atoms with Gasteiger partial charge in [0.25, 0.3) is 0 Å². The van der Waals surface area contributed by atoms with E-state index >= 15 is 0 Å². The third-order valence-electron chi connectivity index (χ3n) is 9.00. The van der Waals surface area contributed by atoms with E-state index in [-0.39, 0.29) is 24.2 Å². The lowest BCUT2D eigenvalue weighted by Gasteiger charge is -2.39. The first-order chi connectivity index (χ1) is 21.1. The van der Waals surface area contributed by atoms with Gasteiger partial charge in [-0.3, -0.25) is 9.72 Å². The van der Waals surface area contributed by atoms with Gasteiger partial charge in [0.05, 0.1) is 25.0 Å². The van der Waals surface area contributed by atoms with E-state index < -0.39 is 6.35 Å². The number of benzene rings is 1. The van der Waals surface area contributed by atoms with Crippen molar-refractivity contribution in [2.75, 3.05) is 16.8 Å². The SMILES string of the molecule is CC1CCCC(C)N1c1nnc2ccc(OC3CCC(NC(O)Nc4cc(C(C)(C)C)nn4CCO)c4ccccc43)cn12. The van der Waals surface area contributed by atoms with Gasteiger partial charge in [-0.2, -0.15) is 5.10 Å². The Morgan fingerprint density at radius 3 is 2.48 bits per heavy atom. The van der Waals surface area contributed by atoms with Crippen LogP contribution in [0.5, 0.6) is 5.75 Å². The molecule has 236 valence electrons. The van der Waals surface area contributed by atoms with E-state index in [2.05, 4.69) is 82.0 Å². The smallest absolute Gasteiger partial charge is 0.232 e. The lowest BCUT2D eigenvalue weighted by Crippen LogP contribution is -2.44. The number of piperidine rings is 1. The fourth-order valence-corrected chi connectivity index (χ4v) is 6.67. The molecular formula is C33H46N8O3. The Morgan fingerprint density at radius 1 is 1.00 bits per heavy atom. The van der Waals surface area contributed by atoms with Gasteiger partial charge in [0.1, 0.15) is 17.7 Å². The minimum Gasteiger partial charge on any atom is -0.484 e. The lowest BCUT2D eigenvalue weighted by atomic mass is 9.85. The molecule has 0 radical (unpaired) electrons. The van der Waals surface area contributed by atoms with Crippen LogP contribution in [0.15, 0.2) is 48.7 Å². The average Bonchev–Trinajstić information content (AvgIpc) is 3.58. The average molecular weight is 603 g/mol. The van der Waals surface area contributed by atoms with Gasteiger partial charge in [0, 0.05) is 29.6 Å². The van der Waals surface area contributed by atoms with Gasteiger partial charge in [0.2, 0.25) is 5.95 Å². The van der Waals surface area contributed by atoms with Crippen LogP contribution in [0.25, 0.3) is 5.65 Å². The number of nitrogens with zero attached hydrogens (tertiary/aromatic N) is 6. The van der Waals surface area contributed by atoms with E-state index in [4.69, 9.17) is 4.74 Å². The van der Waals surface area contributed by atoms with E-state index in [1.165, 1.54) is 6.42 Å². The van der Waals surface area contributed by atoms with E-state index in [0.29, 0.717) is 24.4 Å². The third-order valence-corrected chi connectivity index (χ3v) is 9.00. The molecule has 3 aromatic heterocycles. The number of fused-ring (bicyclic) bond motifs is 2. The van der Waals surface area contributed by atoms with E-state index in [1.54, 1.807) is 4.68 Å². The number of aliphatic hydroxyl groups is 2. The number of ether oxygens (including phenoxy) is 1. The maximum Gasteiger partial charge on any atom is 0.232 e. The Bertz CT molecular complexity index is 1570. The summed E-state index contributed by atoms with van der Waals surface area (Å²) in [5.41, 5.74) is 3.75. The molecule has 0 saturated carbocycles. The molecule has 1 fully saturated rings. The maximum absolute atomic E-state index is 11.1. The molecule has 44 heavy (non-hydrogen) atoms. The predicted molar refractivity (Wildman–Crippen MR) is 171 cm³/mol. The monoisotopic (exact) mass is 602 g/mol. The molecule has 1 saturated heterocycles. The van der Waals surface area contributed by atoms with Crippen LogP contribution >= 0.6 is 0 Å². The number of rotatable bonds is 9. The Labute approximate surface area is 259 Å². The first kappa shape index (κ1) is 30.4. The Kier molecular flexibility index (Phi) is 8.54. The normalized spacial score (nSPS) is 23.0. The molecule has 11 nitrogen and oxygen atoms in total. The molecule has 11 heteroatoms. The van der Waals surface area contributed by atoms with Gasteiger partial charge in [0.15, 0.2) is 12.0 Å². The molecule has 4 N–H and O–H groups in total. The summed E-state index contributed by atoms with van der Waals surface area (Å²) in [6.07, 6.45) is 5.98. The predicted octanol–water partition coefficient (Wildman–Crippen LogP) is 4.92. The van der Waals surface area contributed by atoms with E-state index in [9.17, 15) is 10.2 Å². The number of aromatic nitrogens is 5. The van der Waals surface area contributed by atoms with Crippen LogP contribution in [0, 0.1) is 0 Å². The topological polar surface area (TPSA) is 125 Å². The van der Waals surface area contributed by atoms with E-state index in [1.807, 2.05) is 36.5 Å². The van der Waals surface area contributed by atoms with Crippen LogP contribution in [-0.4, -0.2) is 59.6 Å². The molecule has 0 amide bonds. The second-order valence-corrected chi connectivity index (χ2v) is 13.3. The highest BCUT2D eigenvalue weighted by molar-refractivity contribution is 5.50. The molecular weight excluding hydrogens is 556 g/mol. The minimum absolute atomic E-state index is 0.0387. The highest BCUT2D eigenvalue weighted by Crippen LogP contribution is 2.39. The first-order valence-electron chi connectivity index (χ1n) is 15.9. The Morgan fingerprint density at radius 2 is 1.75 bits per heavy atom. The van der Waals surface area contributed by atoms with Crippen molar-refractivity contribution in [1.29, 1.82) is 0 Å². The van der Waals surface area contributed by atoms with Crippen LogP contribution in [0.2, 0.25) is 0 Å². The van der Waals surface area contributed by atoms with Crippen molar-refractivity contribution in [1.82, 2.24) is 29.7 Å². The zero-order chi connectivity index (χ0) is 31.0. The van der Waals surface area contributed by atoms with Gasteiger partial charge in [-0.05, 0) is 69.2 Å². The molecule has 0 bridgehead atoms. The number of hydrogen-bond donors (Lipinski definition) is 4. The van der Waals surface area contributed by atoms with Gasteiger partial charge in [-0.1, -0.05) is 45.0 Å². The summed E-state index contributed by atoms with van der Waals surface area (Å²) in [4.78, 5) is 2.39. The number of pyridine rings is 1. The van der Waals surface area contributed by atoms with Crippen molar-refractivity contribution in [3.05, 3.63) is 65.5 Å². The van der Waals surface area contributed by atoms with E-state index in [0.717, 1.165) is 59.8 Å². The third kappa shape index (κ3) is 6.13. The van der Waals surface area contributed by atoms with Crippen molar-refractivity contribution >= 4 is 17.4 Å². The summed E-state index contributed by atoms with van der Waals surface area (Å²) in [6, 6.07) is 14.9. The molecule has 6 rings (SSSR count). The molecule has 5 unspecified atom stereocenters. The minimum atomic E-state index is -1.01. The summed E-state index contributed by atoms with van der Waals surface area (Å²) >= 11 is 0. The van der Waals surface area contributed by atoms with Crippen molar-refractivity contribution in [2.45, 2.75) is 109 Å². The van der Waals surface area contributed by atoms with Gasteiger partial charge < -0.3 is 25.2 Å². The van der Waals surface area contributed by atoms with Crippen LogP contribution < -0.4 is 20.3 Å². The molecule has 4 aromatic rings. The fourth-order valence-electron chi connectivity index (χ4n) is 6.67. The molecule has 4 heterocycles. The van der Waals surface area contributed by atoms with Gasteiger partial charge >= 0.3 is 0 Å². The van der Waals surface area contributed by atoms with Crippen LogP contribution in [0.3, 0.4) is 0 Å². The summed E-state index contributed by atoms with van der Waals surface area (Å²) in [5, 5.41) is 40.8. The second kappa shape index (κ2) is 12.4. The second-order valence-electron chi connectivity index (χ2n) is 13.3. The molecule has 0 spiro atoms. The molecule has 1 aliphatic carbocycles. The van der Waals surface area contributed by atoms with Crippen molar-refractivity contribution in [2.24, 2.45) is 0 Å². The Balaban J connectivity index is 1.18. The molecule has 5 atom stereocenters. The van der Waals surface area contributed by atoms with Crippen molar-refractivity contribution in [3.63, 3.8) is 0 Å². The summed E-state index contributed by atoms with van der Waals surface area (Å²) in [5.74, 6) is 2.30. The molecule has 1 aromatic carbocycles. The first-order valence-corrected chi connectivity index (χ1v) is 15.9. The number of anilines is 2. The van der Waals surface area contributed by atoms with Crippen LogP contribution in [-0.2, 0) is 12.0 Å². The highest BCUT2D eigenvalue weighted by Gasteiger charge is 2.31. The van der Waals surface area contributed by atoms with Crippen molar-refractivity contribution < 1.29 is 14.9 Å². The molecule has 2 aliphatic rings. The Hall–Kier alpha value is -3.67. The lowest BCUT2D eigenvalue weighted by molar-refractivity contribution is 0.125. The largest absolute Gasteiger partial charge is 0.484 e. The molecule has 1 aliphatic heterocycles. The van der Waals surface area contributed by atoms with Crippen molar-refractivity contribution in [3.8, 4) is 5.75 Å². The number of aliphatic hydroxyl groups excluding tert-OH is 2. The summed E-state index contributed by atoms with van der Waals surface area (Å²) < 4.78 is 10.4. The zero-order valence-electron chi connectivity index (χ0n) is 26.4. The standard InChI is InChI=1S/C33H46N8O3/c1-21-9-8-10-22(2)41(21)32-37-36-29-16-13-23(20-39(29)32)44-27-15-14-26(24-11-6-7-12-25(24)27)34-31(43)35-30-19-28(33(3,4)5)38-40(30)17-18-42/h6-7,11-13,16,19-22,26-27,31,34-35,42-43H,8-10,14-15,17-18H2,1-5H3.